The average Bonchev–Trinajstić information content (AvgIpc) is 3.57. The molecule has 2 aliphatic carbocycles. The largest absolute Gasteiger partial charge is 0.326 e. The molecular weight excluding hydrogens is 364 g/mol. The number of ketones is 1. The van der Waals surface area contributed by atoms with E-state index >= 15 is 0 Å². The zero-order chi connectivity index (χ0) is 20.2. The molecule has 2 N–H and O–H groups in total. The SMILES string of the molecule is O=C(CCC(=O)c1ccc2c(c1)CCCC2)Nc1cccc(NC(=O)C2CC2)c1. The lowest BCUT2D eigenvalue weighted by atomic mass is 9.89. The quantitative estimate of drug-likeness (QED) is 0.683. The zero-order valence-electron chi connectivity index (χ0n) is 16.5. The van der Waals surface area contributed by atoms with Crippen molar-refractivity contribution in [2.24, 2.45) is 5.92 Å². The molecule has 29 heavy (non-hydrogen) atoms. The van der Waals surface area contributed by atoms with E-state index in [0.717, 1.165) is 25.7 Å². The fourth-order valence-corrected chi connectivity index (χ4v) is 3.77. The van der Waals surface area contributed by atoms with Gasteiger partial charge in [-0.1, -0.05) is 18.2 Å². The summed E-state index contributed by atoms with van der Waals surface area (Å²) in [5, 5.41) is 5.68. The number of amides is 2. The number of fused-ring (bicyclic) bond motifs is 1. The van der Waals surface area contributed by atoms with Crippen LogP contribution in [0, 0.1) is 5.92 Å². The van der Waals surface area contributed by atoms with Crippen LogP contribution in [0.1, 0.15) is 60.0 Å². The van der Waals surface area contributed by atoms with E-state index in [2.05, 4.69) is 16.7 Å². The van der Waals surface area contributed by atoms with Crippen molar-refractivity contribution in [3.05, 3.63) is 59.2 Å². The summed E-state index contributed by atoms with van der Waals surface area (Å²) in [7, 11) is 0. The van der Waals surface area contributed by atoms with Gasteiger partial charge in [-0.15, -0.1) is 0 Å². The van der Waals surface area contributed by atoms with E-state index in [9.17, 15) is 14.4 Å². The molecule has 0 unspecified atom stereocenters. The minimum Gasteiger partial charge on any atom is -0.326 e. The Bertz CT molecular complexity index is 947. The number of aryl methyl sites for hydroxylation is 2. The van der Waals surface area contributed by atoms with Crippen molar-refractivity contribution >= 4 is 29.0 Å². The molecule has 0 aliphatic heterocycles. The van der Waals surface area contributed by atoms with Crippen molar-refractivity contribution in [1.29, 1.82) is 0 Å². The summed E-state index contributed by atoms with van der Waals surface area (Å²) in [5.74, 6) is -0.0482. The predicted molar refractivity (Wildman–Crippen MR) is 113 cm³/mol. The standard InChI is InChI=1S/C24H26N2O3/c27-22(19-11-8-16-4-1-2-5-18(16)14-19)12-13-23(28)25-20-6-3-7-21(15-20)26-24(29)17-9-10-17/h3,6-8,11,14-15,17H,1-2,4-5,9-10,12-13H2,(H,25,28)(H,26,29). The fourth-order valence-electron chi connectivity index (χ4n) is 3.77. The third kappa shape index (κ3) is 5.11. The molecule has 0 aromatic heterocycles. The van der Waals surface area contributed by atoms with Gasteiger partial charge in [0.15, 0.2) is 5.78 Å². The summed E-state index contributed by atoms with van der Waals surface area (Å²) in [6, 6.07) is 13.0. The van der Waals surface area contributed by atoms with Crippen molar-refractivity contribution in [2.45, 2.75) is 51.4 Å². The number of anilines is 2. The first kappa shape index (κ1) is 19.4. The fraction of sp³-hybridized carbons (Fsp3) is 0.375. The second-order valence-corrected chi connectivity index (χ2v) is 8.01. The highest BCUT2D eigenvalue weighted by Gasteiger charge is 2.29. The van der Waals surface area contributed by atoms with Gasteiger partial charge in [-0.3, -0.25) is 14.4 Å². The Kier molecular flexibility index (Phi) is 5.74. The van der Waals surface area contributed by atoms with E-state index in [4.69, 9.17) is 0 Å². The molecule has 0 radical (unpaired) electrons. The Morgan fingerprint density at radius 3 is 2.31 bits per heavy atom. The Balaban J connectivity index is 1.29. The summed E-state index contributed by atoms with van der Waals surface area (Å²) >= 11 is 0. The van der Waals surface area contributed by atoms with E-state index in [0.29, 0.717) is 16.9 Å². The third-order valence-corrected chi connectivity index (χ3v) is 5.61. The van der Waals surface area contributed by atoms with Crippen LogP contribution in [-0.2, 0) is 22.4 Å². The predicted octanol–water partition coefficient (Wildman–Crippen LogP) is 4.52. The van der Waals surface area contributed by atoms with E-state index in [1.54, 1.807) is 24.3 Å². The average molecular weight is 390 g/mol. The van der Waals surface area contributed by atoms with Gasteiger partial charge in [0.2, 0.25) is 11.8 Å². The summed E-state index contributed by atoms with van der Waals surface area (Å²) in [5.41, 5.74) is 4.61. The van der Waals surface area contributed by atoms with Gasteiger partial charge in [0, 0.05) is 35.7 Å². The van der Waals surface area contributed by atoms with Crippen LogP contribution in [-0.4, -0.2) is 17.6 Å². The smallest absolute Gasteiger partial charge is 0.227 e. The molecule has 2 aromatic carbocycles. The Labute approximate surface area is 170 Å². The highest BCUT2D eigenvalue weighted by Crippen LogP contribution is 2.30. The molecule has 4 rings (SSSR count). The molecule has 5 nitrogen and oxygen atoms in total. The van der Waals surface area contributed by atoms with Crippen molar-refractivity contribution in [3.8, 4) is 0 Å². The van der Waals surface area contributed by atoms with Crippen LogP contribution < -0.4 is 10.6 Å². The van der Waals surface area contributed by atoms with Crippen LogP contribution in [0.25, 0.3) is 0 Å². The number of Topliss-reactive ketones (excluding diaryl/α,β-unsaturated/α-hetero) is 1. The van der Waals surface area contributed by atoms with Crippen LogP contribution in [0.15, 0.2) is 42.5 Å². The van der Waals surface area contributed by atoms with Gasteiger partial charge in [-0.25, -0.2) is 0 Å². The molecule has 5 heteroatoms. The summed E-state index contributed by atoms with van der Waals surface area (Å²) in [4.78, 5) is 36.7. The van der Waals surface area contributed by atoms with Gasteiger partial charge < -0.3 is 10.6 Å². The van der Waals surface area contributed by atoms with Crippen molar-refractivity contribution in [2.75, 3.05) is 10.6 Å². The Morgan fingerprint density at radius 2 is 1.55 bits per heavy atom. The second kappa shape index (κ2) is 8.60. The van der Waals surface area contributed by atoms with Gasteiger partial charge >= 0.3 is 0 Å². The molecule has 2 aromatic rings. The molecule has 1 saturated carbocycles. The molecule has 0 heterocycles. The Hall–Kier alpha value is -2.95. The number of benzene rings is 2. The molecule has 150 valence electrons. The monoisotopic (exact) mass is 390 g/mol. The number of nitrogens with one attached hydrogen (secondary N) is 2. The second-order valence-electron chi connectivity index (χ2n) is 8.01. The van der Waals surface area contributed by atoms with E-state index < -0.39 is 0 Å². The number of hydrogen-bond acceptors (Lipinski definition) is 3. The molecule has 2 amide bonds. The molecule has 0 saturated heterocycles. The first-order chi connectivity index (χ1) is 14.1. The number of carbonyl (C=O) groups excluding carboxylic acids is 3. The minimum absolute atomic E-state index is 0.000953. The van der Waals surface area contributed by atoms with Crippen LogP contribution in [0.5, 0.6) is 0 Å². The van der Waals surface area contributed by atoms with Gasteiger partial charge in [-0.05, 0) is 73.9 Å². The maximum absolute atomic E-state index is 12.5. The summed E-state index contributed by atoms with van der Waals surface area (Å²) in [6.45, 7) is 0. The van der Waals surface area contributed by atoms with Crippen LogP contribution in [0.3, 0.4) is 0 Å². The van der Waals surface area contributed by atoms with Crippen LogP contribution >= 0.6 is 0 Å². The molecule has 1 fully saturated rings. The highest BCUT2D eigenvalue weighted by molar-refractivity contribution is 6.00. The number of rotatable bonds is 7. The zero-order valence-corrected chi connectivity index (χ0v) is 16.5. The third-order valence-electron chi connectivity index (χ3n) is 5.61. The van der Waals surface area contributed by atoms with Gasteiger partial charge in [0.25, 0.3) is 0 Å². The normalized spacial score (nSPS) is 15.3. The maximum Gasteiger partial charge on any atom is 0.227 e. The summed E-state index contributed by atoms with van der Waals surface area (Å²) in [6.07, 6.45) is 6.72. The molecular formula is C24H26N2O3. The molecule has 0 bridgehead atoms. The van der Waals surface area contributed by atoms with Crippen molar-refractivity contribution in [3.63, 3.8) is 0 Å². The van der Waals surface area contributed by atoms with Crippen molar-refractivity contribution in [1.82, 2.24) is 0 Å². The topological polar surface area (TPSA) is 75.3 Å². The lowest BCUT2D eigenvalue weighted by Crippen LogP contribution is -2.15. The van der Waals surface area contributed by atoms with Gasteiger partial charge in [0.1, 0.15) is 0 Å². The minimum atomic E-state index is -0.207. The first-order valence-electron chi connectivity index (χ1n) is 10.4. The molecule has 2 aliphatic rings. The lowest BCUT2D eigenvalue weighted by Gasteiger charge is -2.16. The van der Waals surface area contributed by atoms with E-state index in [1.807, 2.05) is 12.1 Å². The Morgan fingerprint density at radius 1 is 0.828 bits per heavy atom. The summed E-state index contributed by atoms with van der Waals surface area (Å²) < 4.78 is 0. The van der Waals surface area contributed by atoms with Gasteiger partial charge in [-0.2, -0.15) is 0 Å². The number of hydrogen-bond donors (Lipinski definition) is 2. The molecule has 0 atom stereocenters. The first-order valence-corrected chi connectivity index (χ1v) is 10.4. The highest BCUT2D eigenvalue weighted by atomic mass is 16.2. The van der Waals surface area contributed by atoms with Crippen LogP contribution in [0.2, 0.25) is 0 Å². The van der Waals surface area contributed by atoms with E-state index in [-0.39, 0.29) is 36.4 Å². The van der Waals surface area contributed by atoms with E-state index in [1.165, 1.54) is 24.0 Å². The van der Waals surface area contributed by atoms with Crippen molar-refractivity contribution < 1.29 is 14.4 Å². The lowest BCUT2D eigenvalue weighted by molar-refractivity contribution is -0.117. The van der Waals surface area contributed by atoms with Crippen LogP contribution in [0.4, 0.5) is 11.4 Å². The maximum atomic E-state index is 12.5. The van der Waals surface area contributed by atoms with Gasteiger partial charge in [0.05, 0.1) is 0 Å². The molecule has 0 spiro atoms. The number of carbonyl (C=O) groups is 3.